The number of rotatable bonds is 3. The largest absolute Gasteiger partial charge is 0.360 e. The molecule has 1 aliphatic heterocycles. The first kappa shape index (κ1) is 12.1. The molecule has 1 fully saturated rings. The molecule has 6 heteroatoms. The lowest BCUT2D eigenvalue weighted by Crippen LogP contribution is -2.52. The third kappa shape index (κ3) is 3.07. The summed E-state index contributed by atoms with van der Waals surface area (Å²) >= 11 is 7.33. The lowest BCUT2D eigenvalue weighted by atomic mass is 10.2. The van der Waals surface area contributed by atoms with Crippen molar-refractivity contribution in [2.45, 2.75) is 6.04 Å². The summed E-state index contributed by atoms with van der Waals surface area (Å²) in [5, 5.41) is 6.67. The van der Waals surface area contributed by atoms with E-state index in [9.17, 15) is 0 Å². The minimum atomic E-state index is 0.543. The van der Waals surface area contributed by atoms with Gasteiger partial charge in [-0.15, -0.1) is 11.3 Å². The number of aromatic nitrogens is 1. The van der Waals surface area contributed by atoms with Crippen LogP contribution in [0.5, 0.6) is 0 Å². The molecule has 0 saturated carbocycles. The number of anilines is 1. The monoisotopic (exact) mass is 260 g/mol. The quantitative estimate of drug-likeness (QED) is 0.892. The smallest absolute Gasteiger partial charge is 0.184 e. The van der Waals surface area contributed by atoms with Crippen molar-refractivity contribution in [1.29, 1.82) is 0 Å². The van der Waals surface area contributed by atoms with E-state index in [1.54, 1.807) is 11.3 Å². The molecule has 16 heavy (non-hydrogen) atoms. The fourth-order valence-electron chi connectivity index (χ4n) is 1.86. The van der Waals surface area contributed by atoms with Crippen LogP contribution in [-0.2, 0) is 0 Å². The van der Waals surface area contributed by atoms with Crippen LogP contribution in [0, 0.1) is 0 Å². The zero-order chi connectivity index (χ0) is 11.5. The first-order chi connectivity index (χ1) is 7.65. The second kappa shape index (κ2) is 5.31. The molecule has 4 nitrogen and oxygen atoms in total. The fraction of sp³-hybridized carbons (Fsp3) is 0.700. The van der Waals surface area contributed by atoms with E-state index in [-0.39, 0.29) is 0 Å². The van der Waals surface area contributed by atoms with Crippen LogP contribution in [0.25, 0.3) is 0 Å². The lowest BCUT2D eigenvalue weighted by Gasteiger charge is -2.37. The van der Waals surface area contributed by atoms with Gasteiger partial charge in [0.1, 0.15) is 5.15 Å². The van der Waals surface area contributed by atoms with E-state index in [1.807, 2.05) is 5.38 Å². The summed E-state index contributed by atoms with van der Waals surface area (Å²) < 4.78 is 0. The van der Waals surface area contributed by atoms with Crippen molar-refractivity contribution in [3.63, 3.8) is 0 Å². The predicted molar refractivity (Wildman–Crippen MR) is 69.5 cm³/mol. The van der Waals surface area contributed by atoms with E-state index in [0.29, 0.717) is 11.2 Å². The highest BCUT2D eigenvalue weighted by atomic mass is 35.5. The molecule has 0 aromatic carbocycles. The molecule has 0 spiro atoms. The molecule has 0 bridgehead atoms. The Morgan fingerprint density at radius 3 is 3.06 bits per heavy atom. The lowest BCUT2D eigenvalue weighted by molar-refractivity contribution is 0.122. The Balaban J connectivity index is 1.84. The molecule has 1 atom stereocenters. The summed E-state index contributed by atoms with van der Waals surface area (Å²) in [4.78, 5) is 8.93. The van der Waals surface area contributed by atoms with Crippen molar-refractivity contribution in [2.75, 3.05) is 45.6 Å². The van der Waals surface area contributed by atoms with E-state index < -0.39 is 0 Å². The van der Waals surface area contributed by atoms with Crippen LogP contribution in [0.2, 0.25) is 5.15 Å². The summed E-state index contributed by atoms with van der Waals surface area (Å²) in [5.41, 5.74) is 0. The van der Waals surface area contributed by atoms with Crippen LogP contribution in [0.1, 0.15) is 0 Å². The molecule has 1 aromatic heterocycles. The van der Waals surface area contributed by atoms with E-state index in [0.717, 1.165) is 31.3 Å². The van der Waals surface area contributed by atoms with Gasteiger partial charge in [-0.2, -0.15) is 0 Å². The minimum absolute atomic E-state index is 0.543. The maximum Gasteiger partial charge on any atom is 0.184 e. The van der Waals surface area contributed by atoms with Crippen LogP contribution in [-0.4, -0.2) is 61.1 Å². The maximum atomic E-state index is 5.77. The van der Waals surface area contributed by atoms with Gasteiger partial charge < -0.3 is 10.2 Å². The van der Waals surface area contributed by atoms with Gasteiger partial charge >= 0.3 is 0 Å². The van der Waals surface area contributed by atoms with Crippen molar-refractivity contribution in [3.05, 3.63) is 10.5 Å². The van der Waals surface area contributed by atoms with Crippen molar-refractivity contribution in [2.24, 2.45) is 0 Å². The number of nitrogens with one attached hydrogen (secondary N) is 1. The van der Waals surface area contributed by atoms with E-state index in [2.05, 4.69) is 34.2 Å². The number of nitrogens with zero attached hydrogens (tertiary/aromatic N) is 3. The number of hydrogen-bond donors (Lipinski definition) is 1. The highest BCUT2D eigenvalue weighted by molar-refractivity contribution is 7.14. The molecule has 1 N–H and O–H groups in total. The number of likely N-dealkylation sites (N-methyl/N-ethyl adjacent to an activating group) is 2. The topological polar surface area (TPSA) is 31.4 Å². The molecule has 2 rings (SSSR count). The van der Waals surface area contributed by atoms with Gasteiger partial charge in [-0.25, -0.2) is 4.98 Å². The van der Waals surface area contributed by atoms with Crippen LogP contribution >= 0.6 is 22.9 Å². The van der Waals surface area contributed by atoms with Crippen LogP contribution < -0.4 is 5.32 Å². The molecular weight excluding hydrogens is 244 g/mol. The molecule has 0 amide bonds. The van der Waals surface area contributed by atoms with Crippen LogP contribution in [0.4, 0.5) is 5.13 Å². The Morgan fingerprint density at radius 2 is 2.38 bits per heavy atom. The molecule has 2 heterocycles. The third-order valence-electron chi connectivity index (χ3n) is 2.95. The Hall–Kier alpha value is -0.360. The zero-order valence-electron chi connectivity index (χ0n) is 9.61. The summed E-state index contributed by atoms with van der Waals surface area (Å²) in [6.07, 6.45) is 0. The number of hydrogen-bond acceptors (Lipinski definition) is 5. The van der Waals surface area contributed by atoms with Crippen molar-refractivity contribution >= 4 is 28.1 Å². The van der Waals surface area contributed by atoms with Crippen molar-refractivity contribution in [1.82, 2.24) is 14.8 Å². The summed E-state index contributed by atoms with van der Waals surface area (Å²) in [5.74, 6) is 0. The van der Waals surface area contributed by atoms with E-state index in [1.165, 1.54) is 0 Å². The van der Waals surface area contributed by atoms with Gasteiger partial charge in [-0.3, -0.25) is 4.90 Å². The second-order valence-corrected chi connectivity index (χ2v) is 5.50. The van der Waals surface area contributed by atoms with Crippen LogP contribution in [0.3, 0.4) is 0 Å². The number of thiazole rings is 1. The molecule has 1 saturated heterocycles. The Labute approximate surface area is 105 Å². The van der Waals surface area contributed by atoms with Crippen molar-refractivity contribution in [3.8, 4) is 0 Å². The summed E-state index contributed by atoms with van der Waals surface area (Å²) in [7, 11) is 4.34. The molecule has 1 aliphatic rings. The van der Waals surface area contributed by atoms with Gasteiger partial charge in [-0.05, 0) is 14.1 Å². The molecule has 0 radical (unpaired) electrons. The average Bonchev–Trinajstić information content (AvgIpc) is 2.66. The number of piperazine rings is 1. The average molecular weight is 261 g/mol. The molecule has 0 aliphatic carbocycles. The fourth-order valence-corrected chi connectivity index (χ4v) is 2.71. The molecular formula is C10H17ClN4S. The number of halogens is 1. The van der Waals surface area contributed by atoms with E-state index in [4.69, 9.17) is 11.6 Å². The molecule has 1 aromatic rings. The first-order valence-corrected chi connectivity index (χ1v) is 6.64. The normalized spacial score (nSPS) is 23.6. The Kier molecular flexibility index (Phi) is 4.02. The second-order valence-electron chi connectivity index (χ2n) is 4.25. The van der Waals surface area contributed by atoms with Gasteiger partial charge in [0.15, 0.2) is 5.13 Å². The first-order valence-electron chi connectivity index (χ1n) is 5.39. The molecule has 1 unspecified atom stereocenters. The Morgan fingerprint density at radius 1 is 1.56 bits per heavy atom. The predicted octanol–water partition coefficient (Wildman–Crippen LogP) is 1.45. The summed E-state index contributed by atoms with van der Waals surface area (Å²) in [6.45, 7) is 4.30. The van der Waals surface area contributed by atoms with Gasteiger partial charge in [-0.1, -0.05) is 11.6 Å². The summed E-state index contributed by atoms with van der Waals surface area (Å²) in [6, 6.07) is 0.543. The zero-order valence-corrected chi connectivity index (χ0v) is 11.2. The SMILES string of the molecule is CN1CCN(C)C(CNc2nc(Cl)cs2)C1. The minimum Gasteiger partial charge on any atom is -0.360 e. The standard InChI is InChI=1S/C10H17ClN4S/c1-14-3-4-15(2)8(6-14)5-12-10-13-9(11)7-16-10/h7-8H,3-6H2,1-2H3,(H,12,13). The third-order valence-corrected chi connectivity index (χ3v) is 4.07. The van der Waals surface area contributed by atoms with Crippen LogP contribution in [0.15, 0.2) is 5.38 Å². The maximum absolute atomic E-state index is 5.77. The highest BCUT2D eigenvalue weighted by Crippen LogP contribution is 2.19. The van der Waals surface area contributed by atoms with Gasteiger partial charge in [0.25, 0.3) is 0 Å². The highest BCUT2D eigenvalue weighted by Gasteiger charge is 2.21. The van der Waals surface area contributed by atoms with Gasteiger partial charge in [0.05, 0.1) is 0 Å². The van der Waals surface area contributed by atoms with Gasteiger partial charge in [0.2, 0.25) is 0 Å². The molecule has 90 valence electrons. The Bertz CT molecular complexity index is 343. The van der Waals surface area contributed by atoms with E-state index >= 15 is 0 Å². The van der Waals surface area contributed by atoms with Gasteiger partial charge in [0, 0.05) is 37.6 Å². The van der Waals surface area contributed by atoms with Crippen molar-refractivity contribution < 1.29 is 0 Å².